The molecule has 0 aliphatic heterocycles. The fourth-order valence-corrected chi connectivity index (χ4v) is 2.06. The number of carbonyl (C=O) groups excluding carboxylic acids is 1. The summed E-state index contributed by atoms with van der Waals surface area (Å²) in [4.78, 5) is 11.5. The zero-order valence-electron chi connectivity index (χ0n) is 13.8. The van der Waals surface area contributed by atoms with Gasteiger partial charge < -0.3 is 27.0 Å². The highest BCUT2D eigenvalue weighted by Gasteiger charge is 2.15. The first-order chi connectivity index (χ1) is 10.4. The molecule has 0 spiro atoms. The van der Waals surface area contributed by atoms with E-state index >= 15 is 0 Å². The Morgan fingerprint density at radius 3 is 2.61 bits per heavy atom. The summed E-state index contributed by atoms with van der Waals surface area (Å²) in [7, 11) is 0. The molecular weight excluding hydrogens is 358 g/mol. The minimum Gasteiger partial charge on any atom is -1.00 e. The third kappa shape index (κ3) is 7.32. The van der Waals surface area contributed by atoms with E-state index in [4.69, 9.17) is 4.74 Å². The zero-order chi connectivity index (χ0) is 16.0. The molecule has 0 atom stereocenters. The van der Waals surface area contributed by atoms with Crippen LogP contribution in [-0.4, -0.2) is 22.8 Å². The first-order valence-corrected chi connectivity index (χ1v) is 7.48. The molecule has 0 saturated heterocycles. The minimum atomic E-state index is -0.462. The molecule has 1 aromatic heterocycles. The van der Waals surface area contributed by atoms with Gasteiger partial charge in [0.1, 0.15) is 31.1 Å². The summed E-state index contributed by atoms with van der Waals surface area (Å²) in [5.74, 6) is 0. The lowest BCUT2D eigenvalue weighted by Crippen LogP contribution is -3.00. The molecule has 0 aliphatic rings. The standard InChI is InChI=1S/C17H23N3O2.BrH/c1-17(2,3)22-16(21)18-9-10-19-11-12-20(14-19)13-15-7-5-4-6-8-15;/h4-8,11-12,14H,9-10,13H2,1-3H3;1H. The van der Waals surface area contributed by atoms with Gasteiger partial charge in [0, 0.05) is 0 Å². The monoisotopic (exact) mass is 381 g/mol. The van der Waals surface area contributed by atoms with Gasteiger partial charge in [0.15, 0.2) is 0 Å². The van der Waals surface area contributed by atoms with E-state index in [1.54, 1.807) is 0 Å². The molecule has 2 aromatic rings. The molecule has 0 fully saturated rings. The van der Waals surface area contributed by atoms with Crippen molar-refractivity contribution in [1.82, 2.24) is 9.88 Å². The average Bonchev–Trinajstić information content (AvgIpc) is 2.85. The number of ether oxygens (including phenoxy) is 1. The average molecular weight is 382 g/mol. The summed E-state index contributed by atoms with van der Waals surface area (Å²) in [5, 5.41) is 2.76. The van der Waals surface area contributed by atoms with Gasteiger partial charge in [-0.05, 0) is 26.3 Å². The van der Waals surface area contributed by atoms with Gasteiger partial charge in [-0.15, -0.1) is 0 Å². The Morgan fingerprint density at radius 1 is 1.26 bits per heavy atom. The molecule has 0 saturated carbocycles. The summed E-state index contributed by atoms with van der Waals surface area (Å²) < 4.78 is 9.35. The van der Waals surface area contributed by atoms with Crippen molar-refractivity contribution in [1.29, 1.82) is 0 Å². The molecule has 0 unspecified atom stereocenters. The highest BCUT2D eigenvalue weighted by molar-refractivity contribution is 5.67. The van der Waals surface area contributed by atoms with Gasteiger partial charge in [-0.2, -0.15) is 0 Å². The normalized spacial score (nSPS) is 10.7. The van der Waals surface area contributed by atoms with Crippen molar-refractivity contribution < 1.29 is 31.1 Å². The van der Waals surface area contributed by atoms with Gasteiger partial charge in [0.25, 0.3) is 0 Å². The Bertz CT molecular complexity index is 606. The van der Waals surface area contributed by atoms with Gasteiger partial charge in [0.05, 0.1) is 6.54 Å². The molecule has 23 heavy (non-hydrogen) atoms. The van der Waals surface area contributed by atoms with E-state index in [0.29, 0.717) is 13.1 Å². The number of benzene rings is 1. The number of hydrogen-bond acceptors (Lipinski definition) is 2. The number of nitrogens with one attached hydrogen (secondary N) is 1. The quantitative estimate of drug-likeness (QED) is 0.699. The third-order valence-corrected chi connectivity index (χ3v) is 2.99. The highest BCUT2D eigenvalue weighted by atomic mass is 79.9. The molecule has 2 rings (SSSR count). The van der Waals surface area contributed by atoms with E-state index in [0.717, 1.165) is 6.54 Å². The maximum atomic E-state index is 11.5. The van der Waals surface area contributed by atoms with E-state index in [9.17, 15) is 4.79 Å². The first-order valence-electron chi connectivity index (χ1n) is 7.48. The van der Waals surface area contributed by atoms with Crippen LogP contribution in [0.2, 0.25) is 0 Å². The lowest BCUT2D eigenvalue weighted by Gasteiger charge is -2.19. The van der Waals surface area contributed by atoms with Crippen molar-refractivity contribution in [3.63, 3.8) is 0 Å². The Kier molecular flexibility index (Phi) is 7.29. The second kappa shape index (κ2) is 8.72. The van der Waals surface area contributed by atoms with Crippen LogP contribution in [0, 0.1) is 0 Å². The zero-order valence-corrected chi connectivity index (χ0v) is 15.4. The van der Waals surface area contributed by atoms with Crippen LogP contribution in [-0.2, 0) is 17.8 Å². The van der Waals surface area contributed by atoms with Crippen LogP contribution >= 0.6 is 0 Å². The van der Waals surface area contributed by atoms with Crippen LogP contribution in [0.15, 0.2) is 49.1 Å². The van der Waals surface area contributed by atoms with Crippen molar-refractivity contribution in [3.05, 3.63) is 54.6 Å². The number of rotatable bonds is 5. The van der Waals surface area contributed by atoms with E-state index in [1.807, 2.05) is 62.3 Å². The predicted octanol–water partition coefficient (Wildman–Crippen LogP) is -0.647. The van der Waals surface area contributed by atoms with Crippen LogP contribution in [0.25, 0.3) is 0 Å². The smallest absolute Gasteiger partial charge is 0.407 e. The van der Waals surface area contributed by atoms with Crippen molar-refractivity contribution in [2.75, 3.05) is 6.54 Å². The Balaban J connectivity index is 0.00000264. The molecule has 5 nitrogen and oxygen atoms in total. The van der Waals surface area contributed by atoms with E-state index in [2.05, 4.69) is 22.0 Å². The number of aromatic nitrogens is 2. The van der Waals surface area contributed by atoms with E-state index in [1.165, 1.54) is 5.56 Å². The molecule has 1 heterocycles. The molecule has 0 aliphatic carbocycles. The van der Waals surface area contributed by atoms with Gasteiger partial charge in [-0.25, -0.2) is 13.9 Å². The fraction of sp³-hybridized carbons (Fsp3) is 0.412. The summed E-state index contributed by atoms with van der Waals surface area (Å²) >= 11 is 0. The predicted molar refractivity (Wildman–Crippen MR) is 84.4 cm³/mol. The van der Waals surface area contributed by atoms with Gasteiger partial charge in [0.2, 0.25) is 6.33 Å². The SMILES string of the molecule is CC(C)(C)OC(=O)NCCn1cc[n+](Cc2ccccc2)c1.[Br-]. The Labute approximate surface area is 148 Å². The molecule has 1 N–H and O–H groups in total. The van der Waals surface area contributed by atoms with Gasteiger partial charge >= 0.3 is 6.09 Å². The van der Waals surface area contributed by atoms with E-state index < -0.39 is 5.60 Å². The van der Waals surface area contributed by atoms with Gasteiger partial charge in [-0.3, -0.25) is 0 Å². The van der Waals surface area contributed by atoms with Crippen molar-refractivity contribution in [2.24, 2.45) is 0 Å². The highest BCUT2D eigenvalue weighted by Crippen LogP contribution is 2.06. The van der Waals surface area contributed by atoms with E-state index in [-0.39, 0.29) is 23.1 Å². The number of alkyl carbamates (subject to hydrolysis) is 1. The number of amides is 1. The minimum absolute atomic E-state index is 0. The topological polar surface area (TPSA) is 47.1 Å². The van der Waals surface area contributed by atoms with Gasteiger partial charge in [-0.1, -0.05) is 30.3 Å². The summed E-state index contributed by atoms with van der Waals surface area (Å²) in [6.07, 6.45) is 5.68. The molecule has 0 bridgehead atoms. The van der Waals surface area contributed by atoms with Crippen molar-refractivity contribution >= 4 is 6.09 Å². The molecule has 1 aromatic carbocycles. The molecule has 1 amide bonds. The van der Waals surface area contributed by atoms with Crippen LogP contribution in [0.4, 0.5) is 4.79 Å². The second-order valence-corrected chi connectivity index (χ2v) is 6.24. The lowest BCUT2D eigenvalue weighted by molar-refractivity contribution is -0.687. The van der Waals surface area contributed by atoms with Crippen LogP contribution < -0.4 is 26.9 Å². The third-order valence-electron chi connectivity index (χ3n) is 2.99. The first kappa shape index (κ1) is 19.2. The summed E-state index contributed by atoms with van der Waals surface area (Å²) in [5.41, 5.74) is 0.799. The van der Waals surface area contributed by atoms with Crippen LogP contribution in [0.3, 0.4) is 0 Å². The maximum absolute atomic E-state index is 11.5. The Morgan fingerprint density at radius 2 is 1.96 bits per heavy atom. The van der Waals surface area contributed by atoms with Crippen molar-refractivity contribution in [3.8, 4) is 0 Å². The summed E-state index contributed by atoms with van der Waals surface area (Å²) in [6, 6.07) is 10.3. The van der Waals surface area contributed by atoms with Crippen LogP contribution in [0.5, 0.6) is 0 Å². The molecule has 126 valence electrons. The molecule has 6 heteroatoms. The molecule has 0 radical (unpaired) electrons. The van der Waals surface area contributed by atoms with Crippen LogP contribution in [0.1, 0.15) is 26.3 Å². The number of halogens is 1. The second-order valence-electron chi connectivity index (χ2n) is 6.24. The largest absolute Gasteiger partial charge is 1.00 e. The lowest BCUT2D eigenvalue weighted by atomic mass is 10.2. The molecular formula is C17H24BrN3O2. The number of carbonyl (C=O) groups is 1. The fourth-order valence-electron chi connectivity index (χ4n) is 2.06. The Hall–Kier alpha value is -1.82. The number of hydrogen-bond donors (Lipinski definition) is 1. The maximum Gasteiger partial charge on any atom is 0.407 e. The van der Waals surface area contributed by atoms with Crippen molar-refractivity contribution in [2.45, 2.75) is 39.5 Å². The summed E-state index contributed by atoms with van der Waals surface area (Å²) in [6.45, 7) is 7.64. The number of nitrogens with zero attached hydrogens (tertiary/aromatic N) is 2. The number of imidazole rings is 1.